The number of rotatable bonds is 8. The van der Waals surface area contributed by atoms with Gasteiger partial charge in [0.15, 0.2) is 0 Å². The van der Waals surface area contributed by atoms with Crippen molar-refractivity contribution in [2.45, 2.75) is 59.2 Å². The standard InChI is InChI=1S/C17H30N2/c1-6-15(4)19(5)13-17-9-7-16(8-10-17)11-12-18-14(2)3/h7-10,14-15,18H,6,11-13H2,1-5H3. The molecule has 0 aromatic heterocycles. The minimum atomic E-state index is 0.573. The lowest BCUT2D eigenvalue weighted by molar-refractivity contribution is 0.244. The molecule has 2 heteroatoms. The van der Waals surface area contributed by atoms with Crippen LogP contribution in [0.4, 0.5) is 0 Å². The van der Waals surface area contributed by atoms with Crippen LogP contribution in [0.15, 0.2) is 24.3 Å². The predicted molar refractivity (Wildman–Crippen MR) is 84.5 cm³/mol. The molecule has 0 aliphatic rings. The third kappa shape index (κ3) is 6.22. The van der Waals surface area contributed by atoms with Crippen LogP contribution in [0.2, 0.25) is 0 Å². The Hall–Kier alpha value is -0.860. The lowest BCUT2D eigenvalue weighted by Gasteiger charge is -2.23. The maximum absolute atomic E-state index is 3.46. The van der Waals surface area contributed by atoms with Crippen LogP contribution in [-0.4, -0.2) is 30.6 Å². The summed E-state index contributed by atoms with van der Waals surface area (Å²) in [6, 6.07) is 10.3. The molecule has 0 saturated heterocycles. The second kappa shape index (κ2) is 8.34. The normalized spacial score (nSPS) is 13.2. The second-order valence-corrected chi connectivity index (χ2v) is 5.85. The van der Waals surface area contributed by atoms with Gasteiger partial charge in [-0.15, -0.1) is 0 Å². The van der Waals surface area contributed by atoms with E-state index >= 15 is 0 Å². The van der Waals surface area contributed by atoms with Crippen LogP contribution in [-0.2, 0) is 13.0 Å². The molecule has 1 unspecified atom stereocenters. The van der Waals surface area contributed by atoms with Crippen LogP contribution in [0.3, 0.4) is 0 Å². The van der Waals surface area contributed by atoms with Gasteiger partial charge >= 0.3 is 0 Å². The molecule has 0 spiro atoms. The number of benzene rings is 1. The van der Waals surface area contributed by atoms with Crippen molar-refractivity contribution < 1.29 is 0 Å². The number of hydrogen-bond acceptors (Lipinski definition) is 2. The van der Waals surface area contributed by atoms with Gasteiger partial charge in [0.1, 0.15) is 0 Å². The first-order valence-corrected chi connectivity index (χ1v) is 7.54. The quantitative estimate of drug-likeness (QED) is 0.772. The van der Waals surface area contributed by atoms with Crippen molar-refractivity contribution in [2.75, 3.05) is 13.6 Å². The van der Waals surface area contributed by atoms with Crippen molar-refractivity contribution in [2.24, 2.45) is 0 Å². The van der Waals surface area contributed by atoms with Crippen LogP contribution in [0.1, 0.15) is 45.2 Å². The van der Waals surface area contributed by atoms with Crippen LogP contribution in [0.25, 0.3) is 0 Å². The Kier molecular flexibility index (Phi) is 7.11. The molecule has 0 aliphatic heterocycles. The highest BCUT2D eigenvalue weighted by Crippen LogP contribution is 2.10. The van der Waals surface area contributed by atoms with E-state index in [1.807, 2.05) is 0 Å². The Morgan fingerprint density at radius 2 is 1.63 bits per heavy atom. The lowest BCUT2D eigenvalue weighted by atomic mass is 10.1. The third-order valence-corrected chi connectivity index (χ3v) is 3.76. The van der Waals surface area contributed by atoms with Crippen LogP contribution in [0, 0.1) is 0 Å². The van der Waals surface area contributed by atoms with Crippen LogP contribution < -0.4 is 5.32 Å². The topological polar surface area (TPSA) is 15.3 Å². The highest BCUT2D eigenvalue weighted by atomic mass is 15.1. The van der Waals surface area contributed by atoms with Gasteiger partial charge in [0, 0.05) is 18.6 Å². The van der Waals surface area contributed by atoms with Crippen molar-refractivity contribution in [3.05, 3.63) is 35.4 Å². The molecule has 2 nitrogen and oxygen atoms in total. The van der Waals surface area contributed by atoms with Crippen molar-refractivity contribution in [3.63, 3.8) is 0 Å². The molecule has 108 valence electrons. The smallest absolute Gasteiger partial charge is 0.0233 e. The Morgan fingerprint density at radius 3 is 2.16 bits per heavy atom. The van der Waals surface area contributed by atoms with Gasteiger partial charge in [0.2, 0.25) is 0 Å². The SMILES string of the molecule is CCC(C)N(C)Cc1ccc(CCNC(C)C)cc1. The number of hydrogen-bond donors (Lipinski definition) is 1. The first-order valence-electron chi connectivity index (χ1n) is 7.54. The summed E-state index contributed by atoms with van der Waals surface area (Å²) in [7, 11) is 2.20. The monoisotopic (exact) mass is 262 g/mol. The molecule has 1 atom stereocenters. The van der Waals surface area contributed by atoms with Crippen molar-refractivity contribution in [1.29, 1.82) is 0 Å². The minimum absolute atomic E-state index is 0.573. The fourth-order valence-electron chi connectivity index (χ4n) is 2.07. The molecule has 1 aromatic rings. The minimum Gasteiger partial charge on any atom is -0.314 e. The Balaban J connectivity index is 2.43. The summed E-state index contributed by atoms with van der Waals surface area (Å²) in [5, 5.41) is 3.46. The maximum Gasteiger partial charge on any atom is 0.0233 e. The van der Waals surface area contributed by atoms with Gasteiger partial charge in [-0.3, -0.25) is 4.90 Å². The zero-order chi connectivity index (χ0) is 14.3. The molecule has 1 N–H and O–H groups in total. The van der Waals surface area contributed by atoms with E-state index in [1.54, 1.807) is 0 Å². The Labute approximate surface area is 119 Å². The van der Waals surface area contributed by atoms with E-state index in [4.69, 9.17) is 0 Å². The van der Waals surface area contributed by atoms with Crippen molar-refractivity contribution >= 4 is 0 Å². The average molecular weight is 262 g/mol. The largest absolute Gasteiger partial charge is 0.314 e. The van der Waals surface area contributed by atoms with E-state index in [1.165, 1.54) is 17.5 Å². The predicted octanol–water partition coefficient (Wildman–Crippen LogP) is 3.46. The highest BCUT2D eigenvalue weighted by Gasteiger charge is 2.07. The Bertz CT molecular complexity index is 343. The van der Waals surface area contributed by atoms with Gasteiger partial charge in [-0.1, -0.05) is 45.0 Å². The molecular formula is C17H30N2. The van der Waals surface area contributed by atoms with Gasteiger partial charge in [-0.05, 0) is 44.5 Å². The second-order valence-electron chi connectivity index (χ2n) is 5.85. The van der Waals surface area contributed by atoms with E-state index in [0.717, 1.165) is 19.5 Å². The van der Waals surface area contributed by atoms with Crippen LogP contribution >= 0.6 is 0 Å². The molecular weight excluding hydrogens is 232 g/mol. The number of nitrogens with zero attached hydrogens (tertiary/aromatic N) is 1. The summed E-state index contributed by atoms with van der Waals surface area (Å²) in [5.41, 5.74) is 2.83. The van der Waals surface area contributed by atoms with E-state index in [0.29, 0.717) is 12.1 Å². The molecule has 1 rings (SSSR count). The van der Waals surface area contributed by atoms with Gasteiger partial charge in [0.25, 0.3) is 0 Å². The van der Waals surface area contributed by atoms with E-state index in [2.05, 4.69) is 69.2 Å². The maximum atomic E-state index is 3.46. The third-order valence-electron chi connectivity index (χ3n) is 3.76. The first-order chi connectivity index (χ1) is 9.02. The fraction of sp³-hybridized carbons (Fsp3) is 0.647. The van der Waals surface area contributed by atoms with E-state index < -0.39 is 0 Å². The molecule has 0 heterocycles. The molecule has 0 radical (unpaired) electrons. The molecule has 0 aliphatic carbocycles. The zero-order valence-electron chi connectivity index (χ0n) is 13.2. The summed E-state index contributed by atoms with van der Waals surface area (Å²) >= 11 is 0. The highest BCUT2D eigenvalue weighted by molar-refractivity contribution is 5.22. The van der Waals surface area contributed by atoms with E-state index in [9.17, 15) is 0 Å². The molecule has 1 aromatic carbocycles. The van der Waals surface area contributed by atoms with Gasteiger partial charge in [-0.25, -0.2) is 0 Å². The summed E-state index contributed by atoms with van der Waals surface area (Å²) in [6.45, 7) is 11.0. The van der Waals surface area contributed by atoms with Crippen molar-refractivity contribution in [1.82, 2.24) is 10.2 Å². The van der Waals surface area contributed by atoms with Gasteiger partial charge in [-0.2, -0.15) is 0 Å². The summed E-state index contributed by atoms with van der Waals surface area (Å²) in [6.07, 6.45) is 2.31. The fourth-order valence-corrected chi connectivity index (χ4v) is 2.07. The van der Waals surface area contributed by atoms with Gasteiger partial charge in [0.05, 0.1) is 0 Å². The van der Waals surface area contributed by atoms with Crippen LogP contribution in [0.5, 0.6) is 0 Å². The molecule has 19 heavy (non-hydrogen) atoms. The molecule has 0 saturated carbocycles. The lowest BCUT2D eigenvalue weighted by Crippen LogP contribution is -2.27. The molecule has 0 fully saturated rings. The summed E-state index contributed by atoms with van der Waals surface area (Å²) in [5.74, 6) is 0. The average Bonchev–Trinajstić information content (AvgIpc) is 2.39. The molecule has 0 bridgehead atoms. The van der Waals surface area contributed by atoms with E-state index in [-0.39, 0.29) is 0 Å². The Morgan fingerprint density at radius 1 is 1.05 bits per heavy atom. The molecule has 0 amide bonds. The summed E-state index contributed by atoms with van der Waals surface area (Å²) < 4.78 is 0. The van der Waals surface area contributed by atoms with Gasteiger partial charge < -0.3 is 5.32 Å². The zero-order valence-corrected chi connectivity index (χ0v) is 13.2. The number of nitrogens with one attached hydrogen (secondary N) is 1. The van der Waals surface area contributed by atoms with Crippen molar-refractivity contribution in [3.8, 4) is 0 Å². The summed E-state index contributed by atoms with van der Waals surface area (Å²) in [4.78, 5) is 2.41. The first kappa shape index (κ1) is 16.2.